The van der Waals surface area contributed by atoms with Gasteiger partial charge in [-0.25, -0.2) is 4.98 Å². The van der Waals surface area contributed by atoms with Crippen LogP contribution in [0.15, 0.2) is 41.8 Å². The average Bonchev–Trinajstić information content (AvgIpc) is 3.24. The molecule has 0 bridgehead atoms. The van der Waals surface area contributed by atoms with Gasteiger partial charge in [-0.2, -0.15) is 0 Å². The normalized spacial score (nSPS) is 10.4. The Morgan fingerprint density at radius 2 is 1.61 bits per heavy atom. The second-order valence-electron chi connectivity index (χ2n) is 6.85. The standard InChI is InChI=1S/C24H27N3O5S/c1-5-30-20-12-17(13-21(31-6-2)22(20)32-7-3)23(29)26-18-10-8-9-16(11-18)19-14-33-24(27-19)25-15(4)28/h8-14H,5-7H2,1-4H3,(H,26,29)(H,25,27,28). The minimum Gasteiger partial charge on any atom is -0.490 e. The van der Waals surface area contributed by atoms with Crippen molar-refractivity contribution in [3.63, 3.8) is 0 Å². The summed E-state index contributed by atoms with van der Waals surface area (Å²) in [5.74, 6) is 0.909. The summed E-state index contributed by atoms with van der Waals surface area (Å²) in [7, 11) is 0. The monoisotopic (exact) mass is 469 g/mol. The van der Waals surface area contributed by atoms with Crippen LogP contribution in [0, 0.1) is 0 Å². The number of ether oxygens (including phenoxy) is 3. The Hall–Kier alpha value is -3.59. The lowest BCUT2D eigenvalue weighted by atomic mass is 10.1. The highest BCUT2D eigenvalue weighted by atomic mass is 32.1. The zero-order valence-corrected chi connectivity index (χ0v) is 19.9. The van der Waals surface area contributed by atoms with E-state index in [0.717, 1.165) is 5.56 Å². The Balaban J connectivity index is 1.85. The first kappa shape index (κ1) is 24.1. The number of carbonyl (C=O) groups is 2. The topological polar surface area (TPSA) is 98.8 Å². The van der Waals surface area contributed by atoms with E-state index in [1.54, 1.807) is 18.2 Å². The van der Waals surface area contributed by atoms with Crippen molar-refractivity contribution in [1.82, 2.24) is 4.98 Å². The van der Waals surface area contributed by atoms with Gasteiger partial charge in [0.1, 0.15) is 0 Å². The van der Waals surface area contributed by atoms with Gasteiger partial charge in [0.15, 0.2) is 16.6 Å². The van der Waals surface area contributed by atoms with E-state index >= 15 is 0 Å². The predicted octanol–water partition coefficient (Wildman–Crippen LogP) is 5.22. The van der Waals surface area contributed by atoms with Crippen molar-refractivity contribution in [1.29, 1.82) is 0 Å². The molecule has 8 nitrogen and oxygen atoms in total. The molecule has 0 aliphatic heterocycles. The maximum Gasteiger partial charge on any atom is 0.255 e. The minimum absolute atomic E-state index is 0.176. The van der Waals surface area contributed by atoms with Gasteiger partial charge in [0, 0.05) is 29.1 Å². The van der Waals surface area contributed by atoms with Crippen LogP contribution >= 0.6 is 11.3 Å². The molecular formula is C24H27N3O5S. The van der Waals surface area contributed by atoms with Gasteiger partial charge in [0.25, 0.3) is 5.91 Å². The average molecular weight is 470 g/mol. The number of hydrogen-bond acceptors (Lipinski definition) is 7. The van der Waals surface area contributed by atoms with Gasteiger partial charge in [-0.05, 0) is 45.0 Å². The van der Waals surface area contributed by atoms with Crippen molar-refractivity contribution >= 4 is 34.0 Å². The molecule has 2 amide bonds. The lowest BCUT2D eigenvalue weighted by molar-refractivity contribution is -0.114. The number of hydrogen-bond donors (Lipinski definition) is 2. The van der Waals surface area contributed by atoms with Crippen LogP contribution in [0.1, 0.15) is 38.1 Å². The molecule has 0 saturated carbocycles. The highest BCUT2D eigenvalue weighted by Crippen LogP contribution is 2.39. The van der Waals surface area contributed by atoms with E-state index in [2.05, 4.69) is 15.6 Å². The Bertz CT molecular complexity index is 1100. The summed E-state index contributed by atoms with van der Waals surface area (Å²) in [4.78, 5) is 28.7. The molecule has 174 valence electrons. The molecule has 3 rings (SSSR count). The van der Waals surface area contributed by atoms with Gasteiger partial charge in [0.05, 0.1) is 25.5 Å². The van der Waals surface area contributed by atoms with Crippen LogP contribution in [-0.4, -0.2) is 36.6 Å². The maximum absolute atomic E-state index is 13.0. The van der Waals surface area contributed by atoms with E-state index in [1.807, 2.05) is 44.4 Å². The summed E-state index contributed by atoms with van der Waals surface area (Å²) in [5.41, 5.74) is 2.52. The van der Waals surface area contributed by atoms with E-state index < -0.39 is 0 Å². The molecule has 1 heterocycles. The molecule has 3 aromatic rings. The molecule has 0 aliphatic rings. The van der Waals surface area contributed by atoms with Gasteiger partial charge < -0.3 is 24.8 Å². The summed E-state index contributed by atoms with van der Waals surface area (Å²) in [6, 6.07) is 10.6. The molecule has 9 heteroatoms. The summed E-state index contributed by atoms with van der Waals surface area (Å²) >= 11 is 1.34. The fourth-order valence-electron chi connectivity index (χ4n) is 3.09. The van der Waals surface area contributed by atoms with Crippen molar-refractivity contribution in [2.45, 2.75) is 27.7 Å². The number of carbonyl (C=O) groups excluding carboxylic acids is 2. The molecule has 0 aliphatic carbocycles. The number of thiazole rings is 1. The van der Waals surface area contributed by atoms with E-state index in [9.17, 15) is 9.59 Å². The van der Waals surface area contributed by atoms with Crippen molar-refractivity contribution in [3.05, 3.63) is 47.3 Å². The minimum atomic E-state index is -0.311. The van der Waals surface area contributed by atoms with Crippen LogP contribution in [0.4, 0.5) is 10.8 Å². The lowest BCUT2D eigenvalue weighted by Gasteiger charge is -2.17. The highest BCUT2D eigenvalue weighted by Gasteiger charge is 2.19. The second-order valence-corrected chi connectivity index (χ2v) is 7.71. The van der Waals surface area contributed by atoms with Crippen LogP contribution in [0.2, 0.25) is 0 Å². The first-order valence-electron chi connectivity index (χ1n) is 10.7. The largest absolute Gasteiger partial charge is 0.490 e. The van der Waals surface area contributed by atoms with Crippen molar-refractivity contribution in [2.75, 3.05) is 30.5 Å². The van der Waals surface area contributed by atoms with Gasteiger partial charge in [-0.3, -0.25) is 9.59 Å². The number of rotatable bonds is 10. The third kappa shape index (κ3) is 6.23. The molecule has 33 heavy (non-hydrogen) atoms. The van der Waals surface area contributed by atoms with E-state index in [4.69, 9.17) is 14.2 Å². The number of nitrogens with zero attached hydrogens (tertiary/aromatic N) is 1. The van der Waals surface area contributed by atoms with Crippen LogP contribution in [-0.2, 0) is 4.79 Å². The van der Waals surface area contributed by atoms with Gasteiger partial charge in [0.2, 0.25) is 11.7 Å². The first-order valence-corrected chi connectivity index (χ1v) is 11.5. The van der Waals surface area contributed by atoms with Crippen molar-refractivity contribution in [2.24, 2.45) is 0 Å². The first-order chi connectivity index (χ1) is 15.9. The van der Waals surface area contributed by atoms with Gasteiger partial charge in [-0.1, -0.05) is 12.1 Å². The zero-order valence-electron chi connectivity index (χ0n) is 19.1. The van der Waals surface area contributed by atoms with Crippen LogP contribution in [0.25, 0.3) is 11.3 Å². The van der Waals surface area contributed by atoms with E-state index in [1.165, 1.54) is 18.3 Å². The smallest absolute Gasteiger partial charge is 0.255 e. The maximum atomic E-state index is 13.0. The number of amides is 2. The van der Waals surface area contributed by atoms with Crippen molar-refractivity contribution < 1.29 is 23.8 Å². The Morgan fingerprint density at radius 3 is 2.21 bits per heavy atom. The van der Waals surface area contributed by atoms with E-state index in [0.29, 0.717) is 59.1 Å². The molecular weight excluding hydrogens is 442 g/mol. The van der Waals surface area contributed by atoms with Gasteiger partial charge >= 0.3 is 0 Å². The van der Waals surface area contributed by atoms with Gasteiger partial charge in [-0.15, -0.1) is 11.3 Å². The number of benzene rings is 2. The zero-order chi connectivity index (χ0) is 23.8. The molecule has 0 spiro atoms. The SMILES string of the molecule is CCOc1cc(C(=O)Nc2cccc(-c3csc(NC(C)=O)n3)c2)cc(OCC)c1OCC. The number of anilines is 2. The van der Waals surface area contributed by atoms with E-state index in [-0.39, 0.29) is 11.8 Å². The highest BCUT2D eigenvalue weighted by molar-refractivity contribution is 7.14. The molecule has 0 fully saturated rings. The Morgan fingerprint density at radius 1 is 0.939 bits per heavy atom. The predicted molar refractivity (Wildman–Crippen MR) is 130 cm³/mol. The second kappa shape index (κ2) is 11.3. The molecule has 0 unspecified atom stereocenters. The molecule has 0 saturated heterocycles. The third-order valence-corrected chi connectivity index (χ3v) is 5.13. The number of aromatic nitrogens is 1. The fraction of sp³-hybridized carbons (Fsp3) is 0.292. The lowest BCUT2D eigenvalue weighted by Crippen LogP contribution is -2.13. The summed E-state index contributed by atoms with van der Waals surface area (Å²) in [5, 5.41) is 7.96. The third-order valence-electron chi connectivity index (χ3n) is 4.37. The van der Waals surface area contributed by atoms with Crippen LogP contribution in [0.5, 0.6) is 17.2 Å². The molecule has 2 N–H and O–H groups in total. The summed E-state index contributed by atoms with van der Waals surface area (Å²) in [6.45, 7) is 8.33. The van der Waals surface area contributed by atoms with Crippen LogP contribution < -0.4 is 24.8 Å². The summed E-state index contributed by atoms with van der Waals surface area (Å²) in [6.07, 6.45) is 0. The molecule has 0 atom stereocenters. The molecule has 2 aromatic carbocycles. The molecule has 0 radical (unpaired) electrons. The summed E-state index contributed by atoms with van der Waals surface area (Å²) < 4.78 is 17.1. The van der Waals surface area contributed by atoms with Crippen LogP contribution in [0.3, 0.4) is 0 Å². The number of nitrogens with one attached hydrogen (secondary N) is 2. The fourth-order valence-corrected chi connectivity index (χ4v) is 3.86. The quantitative estimate of drug-likeness (QED) is 0.423. The molecule has 1 aromatic heterocycles. The Kier molecular flexibility index (Phi) is 8.26. The Labute approximate surface area is 196 Å². The van der Waals surface area contributed by atoms with Crippen molar-refractivity contribution in [3.8, 4) is 28.5 Å².